The smallest absolute Gasteiger partial charge is 0.00728 e. The highest BCUT2D eigenvalue weighted by Crippen LogP contribution is 2.32. The molecule has 98 valence electrons. The predicted molar refractivity (Wildman–Crippen MR) is 72.1 cm³/mol. The first-order chi connectivity index (χ1) is 8.29. The highest BCUT2D eigenvalue weighted by Gasteiger charge is 2.33. The van der Waals surface area contributed by atoms with E-state index in [0.717, 1.165) is 30.0 Å². The molecule has 2 saturated heterocycles. The molecule has 4 unspecified atom stereocenters. The molecule has 1 saturated carbocycles. The number of hydrogen-bond donors (Lipinski definition) is 2. The lowest BCUT2D eigenvalue weighted by atomic mass is 9.89. The molecule has 3 rings (SSSR count). The lowest BCUT2D eigenvalue weighted by molar-refractivity contribution is 0.280. The Morgan fingerprint density at radius 3 is 2.41 bits per heavy atom. The molecule has 0 amide bonds. The second-order valence-corrected chi connectivity index (χ2v) is 6.83. The molecule has 0 aromatic heterocycles. The van der Waals surface area contributed by atoms with Gasteiger partial charge in [0.2, 0.25) is 0 Å². The molecule has 3 aliphatic rings. The van der Waals surface area contributed by atoms with Gasteiger partial charge in [-0.05, 0) is 69.7 Å². The Labute approximate surface area is 106 Å². The zero-order chi connectivity index (χ0) is 11.7. The Morgan fingerprint density at radius 2 is 1.76 bits per heavy atom. The van der Waals surface area contributed by atoms with Gasteiger partial charge >= 0.3 is 0 Å². The summed E-state index contributed by atoms with van der Waals surface area (Å²) in [5.41, 5.74) is 0. The van der Waals surface area contributed by atoms with Gasteiger partial charge in [0, 0.05) is 18.1 Å². The molecule has 2 N–H and O–H groups in total. The lowest BCUT2D eigenvalue weighted by Crippen LogP contribution is -2.39. The fourth-order valence-electron chi connectivity index (χ4n) is 4.29. The van der Waals surface area contributed by atoms with E-state index in [0.29, 0.717) is 0 Å². The van der Waals surface area contributed by atoms with Gasteiger partial charge in [0.1, 0.15) is 0 Å². The van der Waals surface area contributed by atoms with Crippen LogP contribution in [0.15, 0.2) is 0 Å². The van der Waals surface area contributed by atoms with Crippen LogP contribution in [0.5, 0.6) is 0 Å². The Morgan fingerprint density at radius 1 is 1.00 bits per heavy atom. The summed E-state index contributed by atoms with van der Waals surface area (Å²) in [4.78, 5) is 0. The first-order valence-corrected chi connectivity index (χ1v) is 7.79. The van der Waals surface area contributed by atoms with Gasteiger partial charge in [-0.25, -0.2) is 0 Å². The molecule has 0 aromatic rings. The molecule has 2 aliphatic heterocycles. The molecular weight excluding hydrogens is 208 g/mol. The summed E-state index contributed by atoms with van der Waals surface area (Å²) in [6.45, 7) is 3.66. The van der Waals surface area contributed by atoms with Crippen LogP contribution in [0, 0.1) is 11.8 Å². The molecule has 3 fully saturated rings. The average Bonchev–Trinajstić information content (AvgIpc) is 2.86. The molecule has 2 heteroatoms. The van der Waals surface area contributed by atoms with Crippen LogP contribution in [-0.4, -0.2) is 24.7 Å². The zero-order valence-electron chi connectivity index (χ0n) is 11.3. The van der Waals surface area contributed by atoms with E-state index in [-0.39, 0.29) is 0 Å². The Balaban J connectivity index is 1.34. The fraction of sp³-hybridized carbons (Fsp3) is 1.00. The average molecular weight is 236 g/mol. The Kier molecular flexibility index (Phi) is 3.72. The second-order valence-electron chi connectivity index (χ2n) is 6.83. The summed E-state index contributed by atoms with van der Waals surface area (Å²) in [6.07, 6.45) is 11.5. The quantitative estimate of drug-likeness (QED) is 0.784. The van der Waals surface area contributed by atoms with E-state index < -0.39 is 0 Å². The molecule has 2 heterocycles. The normalized spacial score (nSPS) is 45.4. The first-order valence-electron chi connectivity index (χ1n) is 7.79. The van der Waals surface area contributed by atoms with Crippen molar-refractivity contribution in [3.05, 3.63) is 0 Å². The largest absolute Gasteiger partial charge is 0.314 e. The molecular formula is C15H28N2. The van der Waals surface area contributed by atoms with Crippen molar-refractivity contribution in [3.8, 4) is 0 Å². The summed E-state index contributed by atoms with van der Waals surface area (Å²) in [5.74, 6) is 1.96. The zero-order valence-corrected chi connectivity index (χ0v) is 11.3. The second kappa shape index (κ2) is 5.27. The highest BCUT2D eigenvalue weighted by atomic mass is 15.0. The minimum atomic E-state index is 0.837. The van der Waals surface area contributed by atoms with Crippen LogP contribution in [0.4, 0.5) is 0 Å². The molecule has 17 heavy (non-hydrogen) atoms. The molecule has 0 spiro atoms. The standard InChI is InChI=1S/C15H28N2/c1-11-2-3-13(8-11)16-7-6-12-9-14-4-5-15(10-12)17-14/h11-17H,2-10H2,1H3. The van der Waals surface area contributed by atoms with Crippen molar-refractivity contribution in [1.82, 2.24) is 10.6 Å². The lowest BCUT2D eigenvalue weighted by Gasteiger charge is -2.29. The first kappa shape index (κ1) is 12.0. The van der Waals surface area contributed by atoms with Crippen molar-refractivity contribution in [2.75, 3.05) is 6.54 Å². The van der Waals surface area contributed by atoms with Crippen LogP contribution in [-0.2, 0) is 0 Å². The summed E-state index contributed by atoms with van der Waals surface area (Å²) in [6, 6.07) is 2.57. The van der Waals surface area contributed by atoms with Crippen LogP contribution in [0.3, 0.4) is 0 Å². The molecule has 2 bridgehead atoms. The van der Waals surface area contributed by atoms with E-state index in [1.807, 2.05) is 0 Å². The molecule has 0 radical (unpaired) electrons. The van der Waals surface area contributed by atoms with E-state index >= 15 is 0 Å². The van der Waals surface area contributed by atoms with Gasteiger partial charge in [0.15, 0.2) is 0 Å². The van der Waals surface area contributed by atoms with Gasteiger partial charge < -0.3 is 10.6 Å². The van der Waals surface area contributed by atoms with Gasteiger partial charge in [-0.2, -0.15) is 0 Å². The maximum Gasteiger partial charge on any atom is 0.00728 e. The maximum absolute atomic E-state index is 3.79. The van der Waals surface area contributed by atoms with Gasteiger partial charge in [-0.3, -0.25) is 0 Å². The van der Waals surface area contributed by atoms with Crippen molar-refractivity contribution in [2.45, 2.75) is 76.4 Å². The van der Waals surface area contributed by atoms with Crippen molar-refractivity contribution >= 4 is 0 Å². The topological polar surface area (TPSA) is 24.1 Å². The third-order valence-corrected chi connectivity index (χ3v) is 5.25. The summed E-state index contributed by atoms with van der Waals surface area (Å²) >= 11 is 0. The molecule has 0 aromatic carbocycles. The van der Waals surface area contributed by atoms with Crippen molar-refractivity contribution < 1.29 is 0 Å². The third kappa shape index (κ3) is 3.03. The fourth-order valence-corrected chi connectivity index (χ4v) is 4.29. The van der Waals surface area contributed by atoms with Gasteiger partial charge in [0.05, 0.1) is 0 Å². The number of piperidine rings is 1. The third-order valence-electron chi connectivity index (χ3n) is 5.25. The summed E-state index contributed by atoms with van der Waals surface area (Å²) in [7, 11) is 0. The van der Waals surface area contributed by atoms with E-state index in [4.69, 9.17) is 0 Å². The van der Waals surface area contributed by atoms with Crippen molar-refractivity contribution in [1.29, 1.82) is 0 Å². The van der Waals surface area contributed by atoms with Gasteiger partial charge in [-0.15, -0.1) is 0 Å². The maximum atomic E-state index is 3.79. The van der Waals surface area contributed by atoms with Crippen molar-refractivity contribution in [2.24, 2.45) is 11.8 Å². The Bertz CT molecular complexity index is 241. The molecule has 4 atom stereocenters. The number of hydrogen-bond acceptors (Lipinski definition) is 2. The molecule has 2 nitrogen and oxygen atoms in total. The SMILES string of the molecule is CC1CCC(NCCC2CC3CCC(C2)N3)C1. The summed E-state index contributed by atoms with van der Waals surface area (Å²) in [5, 5.41) is 7.53. The van der Waals surface area contributed by atoms with Crippen molar-refractivity contribution in [3.63, 3.8) is 0 Å². The van der Waals surface area contributed by atoms with E-state index in [1.54, 1.807) is 0 Å². The van der Waals surface area contributed by atoms with Gasteiger partial charge in [-0.1, -0.05) is 6.92 Å². The monoisotopic (exact) mass is 236 g/mol. The van der Waals surface area contributed by atoms with Crippen LogP contribution in [0.1, 0.15) is 58.3 Å². The minimum Gasteiger partial charge on any atom is -0.314 e. The van der Waals surface area contributed by atoms with Crippen LogP contribution in [0.2, 0.25) is 0 Å². The van der Waals surface area contributed by atoms with Crippen LogP contribution < -0.4 is 10.6 Å². The van der Waals surface area contributed by atoms with Gasteiger partial charge in [0.25, 0.3) is 0 Å². The van der Waals surface area contributed by atoms with E-state index in [1.165, 1.54) is 57.9 Å². The predicted octanol–water partition coefficient (Wildman–Crippen LogP) is 2.69. The number of nitrogens with one attached hydrogen (secondary N) is 2. The molecule has 1 aliphatic carbocycles. The number of fused-ring (bicyclic) bond motifs is 2. The highest BCUT2D eigenvalue weighted by molar-refractivity contribution is 4.92. The van der Waals surface area contributed by atoms with Crippen LogP contribution in [0.25, 0.3) is 0 Å². The number of rotatable bonds is 4. The van der Waals surface area contributed by atoms with E-state index in [2.05, 4.69) is 17.6 Å². The Hall–Kier alpha value is -0.0800. The minimum absolute atomic E-state index is 0.837. The van der Waals surface area contributed by atoms with Crippen LogP contribution >= 0.6 is 0 Å². The van der Waals surface area contributed by atoms with E-state index in [9.17, 15) is 0 Å². The summed E-state index contributed by atoms with van der Waals surface area (Å²) < 4.78 is 0.